The molecule has 0 nitrogen and oxygen atoms in total. The minimum Gasteiger partial charge on any atom is -0.0616 e. The van der Waals surface area contributed by atoms with Crippen molar-refractivity contribution in [2.75, 3.05) is 0 Å². The summed E-state index contributed by atoms with van der Waals surface area (Å²) in [6, 6.07) is 14.8. The van der Waals surface area contributed by atoms with E-state index in [-0.39, 0.29) is 0 Å². The predicted molar refractivity (Wildman–Crippen MR) is 85.0 cm³/mol. The van der Waals surface area contributed by atoms with Gasteiger partial charge in [0.1, 0.15) is 0 Å². The maximum Gasteiger partial charge on any atom is 0.0220 e. The van der Waals surface area contributed by atoms with Crippen molar-refractivity contribution in [3.63, 3.8) is 0 Å². The third-order valence-corrected chi connectivity index (χ3v) is 4.42. The zero-order valence-corrected chi connectivity index (χ0v) is 13.6. The molecular formula is C12H7BrI2. The van der Waals surface area contributed by atoms with Crippen LogP contribution >= 0.6 is 61.1 Å². The Morgan fingerprint density at radius 2 is 1.47 bits per heavy atom. The van der Waals surface area contributed by atoms with Crippen LogP contribution in [0.15, 0.2) is 46.9 Å². The van der Waals surface area contributed by atoms with E-state index in [1.807, 2.05) is 0 Å². The average Bonchev–Trinajstić information content (AvgIpc) is 2.20. The maximum atomic E-state index is 3.48. The van der Waals surface area contributed by atoms with Crippen molar-refractivity contribution in [1.82, 2.24) is 0 Å². The highest BCUT2D eigenvalue weighted by molar-refractivity contribution is 14.1. The lowest BCUT2D eigenvalue weighted by Gasteiger charge is -2.07. The van der Waals surface area contributed by atoms with Gasteiger partial charge < -0.3 is 0 Å². The molecule has 15 heavy (non-hydrogen) atoms. The van der Waals surface area contributed by atoms with E-state index >= 15 is 0 Å². The second-order valence-electron chi connectivity index (χ2n) is 3.10. The summed E-state index contributed by atoms with van der Waals surface area (Å²) in [6.07, 6.45) is 0. The molecule has 0 saturated heterocycles. The van der Waals surface area contributed by atoms with Gasteiger partial charge in [-0.3, -0.25) is 0 Å². The van der Waals surface area contributed by atoms with Gasteiger partial charge >= 0.3 is 0 Å². The van der Waals surface area contributed by atoms with Gasteiger partial charge in [-0.05, 0) is 74.5 Å². The van der Waals surface area contributed by atoms with E-state index in [9.17, 15) is 0 Å². The highest BCUT2D eigenvalue weighted by Gasteiger charge is 2.06. The normalized spacial score (nSPS) is 10.3. The van der Waals surface area contributed by atoms with Crippen LogP contribution in [0, 0.1) is 7.14 Å². The van der Waals surface area contributed by atoms with Gasteiger partial charge in [-0.1, -0.05) is 40.2 Å². The molecule has 0 unspecified atom stereocenters. The molecule has 2 aromatic carbocycles. The molecule has 0 bridgehead atoms. The lowest BCUT2D eigenvalue weighted by molar-refractivity contribution is 1.53. The van der Waals surface area contributed by atoms with E-state index in [0.29, 0.717) is 0 Å². The first-order chi connectivity index (χ1) is 7.18. The zero-order chi connectivity index (χ0) is 10.8. The van der Waals surface area contributed by atoms with E-state index in [0.717, 1.165) is 4.47 Å². The highest BCUT2D eigenvalue weighted by atomic mass is 127. The molecule has 0 radical (unpaired) electrons. The number of hydrogen-bond donors (Lipinski definition) is 0. The van der Waals surface area contributed by atoms with Crippen molar-refractivity contribution in [3.8, 4) is 11.1 Å². The SMILES string of the molecule is Brc1ccc(-c2ccccc2I)c(I)c1. The van der Waals surface area contributed by atoms with E-state index in [1.54, 1.807) is 0 Å². The van der Waals surface area contributed by atoms with E-state index in [1.165, 1.54) is 18.3 Å². The largest absolute Gasteiger partial charge is 0.0616 e. The molecule has 0 heterocycles. The molecule has 3 heteroatoms. The Morgan fingerprint density at radius 1 is 0.800 bits per heavy atom. The molecule has 0 amide bonds. The van der Waals surface area contributed by atoms with Gasteiger partial charge in [0.15, 0.2) is 0 Å². The van der Waals surface area contributed by atoms with Crippen LogP contribution in [0.2, 0.25) is 0 Å². The van der Waals surface area contributed by atoms with Crippen molar-refractivity contribution in [3.05, 3.63) is 54.1 Å². The molecule has 2 aromatic rings. The summed E-state index contributed by atoms with van der Waals surface area (Å²) in [5.41, 5.74) is 2.60. The monoisotopic (exact) mass is 484 g/mol. The number of rotatable bonds is 1. The van der Waals surface area contributed by atoms with Crippen LogP contribution < -0.4 is 0 Å². The van der Waals surface area contributed by atoms with Gasteiger partial charge in [-0.2, -0.15) is 0 Å². The Hall–Kier alpha value is 0.380. The molecular weight excluding hydrogens is 478 g/mol. The summed E-state index contributed by atoms with van der Waals surface area (Å²) in [4.78, 5) is 0. The number of hydrogen-bond acceptors (Lipinski definition) is 0. The molecule has 0 aromatic heterocycles. The lowest BCUT2D eigenvalue weighted by atomic mass is 10.1. The minimum absolute atomic E-state index is 1.13. The molecule has 76 valence electrons. The third-order valence-electron chi connectivity index (χ3n) is 2.10. The van der Waals surface area contributed by atoms with Crippen LogP contribution in [-0.4, -0.2) is 0 Å². The summed E-state index contributed by atoms with van der Waals surface area (Å²) < 4.78 is 3.68. The highest BCUT2D eigenvalue weighted by Crippen LogP contribution is 2.30. The van der Waals surface area contributed by atoms with E-state index < -0.39 is 0 Å². The van der Waals surface area contributed by atoms with Crippen LogP contribution in [-0.2, 0) is 0 Å². The molecule has 0 aliphatic rings. The standard InChI is InChI=1S/C12H7BrI2/c13-8-5-6-10(12(15)7-8)9-3-1-2-4-11(9)14/h1-7H. The lowest BCUT2D eigenvalue weighted by Crippen LogP contribution is -1.85. The van der Waals surface area contributed by atoms with E-state index in [4.69, 9.17) is 0 Å². The summed E-state index contributed by atoms with van der Waals surface area (Å²) in [5, 5.41) is 0. The summed E-state index contributed by atoms with van der Waals surface area (Å²) in [7, 11) is 0. The average molecular weight is 485 g/mol. The van der Waals surface area contributed by atoms with Crippen molar-refractivity contribution in [1.29, 1.82) is 0 Å². The molecule has 0 fully saturated rings. The van der Waals surface area contributed by atoms with Gasteiger partial charge in [0, 0.05) is 11.6 Å². The topological polar surface area (TPSA) is 0 Å². The van der Waals surface area contributed by atoms with Crippen molar-refractivity contribution in [2.45, 2.75) is 0 Å². The fourth-order valence-electron chi connectivity index (χ4n) is 1.39. The molecule has 0 saturated carbocycles. The summed E-state index contributed by atoms with van der Waals surface area (Å²) in [5.74, 6) is 0. The summed E-state index contributed by atoms with van der Waals surface area (Å²) in [6.45, 7) is 0. The van der Waals surface area contributed by atoms with E-state index in [2.05, 4.69) is 104 Å². The summed E-state index contributed by atoms with van der Waals surface area (Å²) >= 11 is 8.23. The molecule has 0 aliphatic carbocycles. The molecule has 2 rings (SSSR count). The number of halogens is 3. The first kappa shape index (κ1) is 11.9. The second kappa shape index (κ2) is 5.14. The third kappa shape index (κ3) is 2.74. The Bertz CT molecular complexity index is 495. The minimum atomic E-state index is 1.13. The fourth-order valence-corrected chi connectivity index (χ4v) is 3.66. The Labute approximate surface area is 125 Å². The predicted octanol–water partition coefficient (Wildman–Crippen LogP) is 5.33. The molecule has 0 N–H and O–H groups in total. The van der Waals surface area contributed by atoms with Crippen LogP contribution in [0.1, 0.15) is 0 Å². The Morgan fingerprint density at radius 3 is 2.13 bits per heavy atom. The zero-order valence-electron chi connectivity index (χ0n) is 7.68. The van der Waals surface area contributed by atoms with Gasteiger partial charge in [-0.15, -0.1) is 0 Å². The van der Waals surface area contributed by atoms with Gasteiger partial charge in [0.2, 0.25) is 0 Å². The molecule has 0 aliphatic heterocycles. The van der Waals surface area contributed by atoms with Gasteiger partial charge in [0.25, 0.3) is 0 Å². The van der Waals surface area contributed by atoms with Crippen LogP contribution in [0.3, 0.4) is 0 Å². The smallest absolute Gasteiger partial charge is 0.0220 e. The Balaban J connectivity index is 2.60. The first-order valence-electron chi connectivity index (χ1n) is 4.38. The van der Waals surface area contributed by atoms with Crippen LogP contribution in [0.25, 0.3) is 11.1 Å². The van der Waals surface area contributed by atoms with Gasteiger partial charge in [0.05, 0.1) is 0 Å². The van der Waals surface area contributed by atoms with Crippen molar-refractivity contribution < 1.29 is 0 Å². The molecule has 0 spiro atoms. The number of benzene rings is 2. The van der Waals surface area contributed by atoms with Crippen molar-refractivity contribution >= 4 is 61.1 Å². The Kier molecular flexibility index (Phi) is 4.06. The fraction of sp³-hybridized carbons (Fsp3) is 0. The van der Waals surface area contributed by atoms with Gasteiger partial charge in [-0.25, -0.2) is 0 Å². The van der Waals surface area contributed by atoms with Crippen LogP contribution in [0.5, 0.6) is 0 Å². The van der Waals surface area contributed by atoms with Crippen LogP contribution in [0.4, 0.5) is 0 Å². The quantitative estimate of drug-likeness (QED) is 0.480. The van der Waals surface area contributed by atoms with Crippen molar-refractivity contribution in [2.24, 2.45) is 0 Å². The second-order valence-corrected chi connectivity index (χ2v) is 6.34. The first-order valence-corrected chi connectivity index (χ1v) is 7.33. The maximum absolute atomic E-state index is 3.48. The molecule has 0 atom stereocenters.